The molecule has 10 nitrogen and oxygen atoms in total. The van der Waals surface area contributed by atoms with Crippen LogP contribution in [-0.2, 0) is 25.9 Å². The lowest BCUT2D eigenvalue weighted by molar-refractivity contribution is -0.384. The highest BCUT2D eigenvalue weighted by Crippen LogP contribution is 2.20. The van der Waals surface area contributed by atoms with Crippen LogP contribution in [0.4, 0.5) is 10.5 Å². The predicted molar refractivity (Wildman–Crippen MR) is 105 cm³/mol. The second kappa shape index (κ2) is 9.55. The summed E-state index contributed by atoms with van der Waals surface area (Å²) in [5, 5.41) is 10.6. The summed E-state index contributed by atoms with van der Waals surface area (Å²) in [5.74, 6) is 0.135. The van der Waals surface area contributed by atoms with Crippen molar-refractivity contribution in [3.63, 3.8) is 0 Å². The van der Waals surface area contributed by atoms with Gasteiger partial charge in [0.2, 0.25) is 0 Å². The van der Waals surface area contributed by atoms with Gasteiger partial charge in [0, 0.05) is 12.1 Å². The van der Waals surface area contributed by atoms with Crippen molar-refractivity contribution in [2.24, 2.45) is 5.41 Å². The SMILES string of the molecule is CC(C)(C)COS(=O)(=O)Oc1ccc(COC(=O)Oc2ccc([N+](=O)[O-])cc2)cc1. The van der Waals surface area contributed by atoms with Crippen LogP contribution in [0.25, 0.3) is 0 Å². The van der Waals surface area contributed by atoms with E-state index in [-0.39, 0.29) is 35.8 Å². The van der Waals surface area contributed by atoms with Gasteiger partial charge in [0.25, 0.3) is 5.69 Å². The lowest BCUT2D eigenvalue weighted by Crippen LogP contribution is -2.21. The van der Waals surface area contributed by atoms with Gasteiger partial charge in [-0.2, -0.15) is 8.42 Å². The summed E-state index contributed by atoms with van der Waals surface area (Å²) in [7, 11) is -4.20. The van der Waals surface area contributed by atoms with Crippen LogP contribution in [0.3, 0.4) is 0 Å². The molecule has 0 aliphatic heterocycles. The summed E-state index contributed by atoms with van der Waals surface area (Å²) < 4.78 is 43.1. The molecular weight excluding hydrogens is 418 g/mol. The number of nitrogens with zero attached hydrogens (tertiary/aromatic N) is 1. The average Bonchev–Trinajstić information content (AvgIpc) is 2.66. The van der Waals surface area contributed by atoms with Crippen LogP contribution >= 0.6 is 0 Å². The maximum Gasteiger partial charge on any atom is 0.514 e. The zero-order valence-corrected chi connectivity index (χ0v) is 17.4. The number of ether oxygens (including phenoxy) is 2. The minimum atomic E-state index is -4.20. The summed E-state index contributed by atoms with van der Waals surface area (Å²) in [6, 6.07) is 10.7. The number of nitro groups is 1. The van der Waals surface area contributed by atoms with Gasteiger partial charge in [-0.05, 0) is 35.2 Å². The maximum absolute atomic E-state index is 11.8. The Bertz CT molecular complexity index is 978. The molecule has 0 N–H and O–H groups in total. The highest BCUT2D eigenvalue weighted by atomic mass is 32.3. The highest BCUT2D eigenvalue weighted by Gasteiger charge is 2.19. The van der Waals surface area contributed by atoms with Gasteiger partial charge in [-0.3, -0.25) is 10.1 Å². The first-order valence-electron chi connectivity index (χ1n) is 8.70. The minimum absolute atomic E-state index is 0.0296. The van der Waals surface area contributed by atoms with Crippen LogP contribution in [-0.4, -0.2) is 26.1 Å². The van der Waals surface area contributed by atoms with E-state index in [9.17, 15) is 23.3 Å². The van der Waals surface area contributed by atoms with Gasteiger partial charge >= 0.3 is 16.6 Å². The van der Waals surface area contributed by atoms with E-state index < -0.39 is 21.5 Å². The molecule has 0 heterocycles. The largest absolute Gasteiger partial charge is 0.514 e. The molecule has 0 saturated carbocycles. The van der Waals surface area contributed by atoms with Crippen molar-refractivity contribution in [2.45, 2.75) is 27.4 Å². The molecule has 2 aromatic carbocycles. The van der Waals surface area contributed by atoms with E-state index in [1.54, 1.807) is 0 Å². The van der Waals surface area contributed by atoms with E-state index in [0.29, 0.717) is 5.56 Å². The van der Waals surface area contributed by atoms with Crippen molar-refractivity contribution in [3.05, 3.63) is 64.2 Å². The molecule has 2 rings (SSSR count). The van der Waals surface area contributed by atoms with Crippen LogP contribution in [0, 0.1) is 15.5 Å². The van der Waals surface area contributed by atoms with Crippen molar-refractivity contribution in [3.8, 4) is 11.5 Å². The fraction of sp³-hybridized carbons (Fsp3) is 0.316. The van der Waals surface area contributed by atoms with E-state index in [1.807, 2.05) is 20.8 Å². The molecule has 0 bridgehead atoms. The van der Waals surface area contributed by atoms with Gasteiger partial charge in [0.15, 0.2) is 0 Å². The quantitative estimate of drug-likeness (QED) is 0.259. The second-order valence-electron chi connectivity index (χ2n) is 7.35. The summed E-state index contributed by atoms with van der Waals surface area (Å²) in [6.45, 7) is 5.30. The number of nitro benzene ring substituents is 1. The van der Waals surface area contributed by atoms with Crippen LogP contribution in [0.5, 0.6) is 11.5 Å². The summed E-state index contributed by atoms with van der Waals surface area (Å²) >= 11 is 0. The van der Waals surface area contributed by atoms with E-state index in [4.69, 9.17) is 17.8 Å². The van der Waals surface area contributed by atoms with Crippen LogP contribution in [0.2, 0.25) is 0 Å². The van der Waals surface area contributed by atoms with E-state index in [1.165, 1.54) is 48.5 Å². The average molecular weight is 439 g/mol. The van der Waals surface area contributed by atoms with Gasteiger partial charge in [0.1, 0.15) is 18.1 Å². The monoisotopic (exact) mass is 439 g/mol. The molecule has 30 heavy (non-hydrogen) atoms. The lowest BCUT2D eigenvalue weighted by atomic mass is 9.99. The van der Waals surface area contributed by atoms with Crippen molar-refractivity contribution in [1.29, 1.82) is 0 Å². The Morgan fingerprint density at radius 1 is 1.00 bits per heavy atom. The van der Waals surface area contributed by atoms with E-state index in [2.05, 4.69) is 0 Å². The minimum Gasteiger partial charge on any atom is -0.429 e. The number of benzene rings is 2. The van der Waals surface area contributed by atoms with Crippen LogP contribution in [0.15, 0.2) is 48.5 Å². The molecule has 0 unspecified atom stereocenters. The van der Waals surface area contributed by atoms with Gasteiger partial charge in [-0.15, -0.1) is 0 Å². The van der Waals surface area contributed by atoms with Gasteiger partial charge in [0.05, 0.1) is 11.5 Å². The van der Waals surface area contributed by atoms with E-state index >= 15 is 0 Å². The number of rotatable bonds is 8. The number of hydrogen-bond donors (Lipinski definition) is 0. The molecule has 162 valence electrons. The third-order valence-electron chi connectivity index (χ3n) is 3.36. The van der Waals surface area contributed by atoms with Gasteiger partial charge in [-0.1, -0.05) is 32.9 Å². The van der Waals surface area contributed by atoms with Crippen molar-refractivity contribution in [1.82, 2.24) is 0 Å². The number of hydrogen-bond acceptors (Lipinski definition) is 9. The summed E-state index contributed by atoms with van der Waals surface area (Å²) in [6.07, 6.45) is -0.998. The van der Waals surface area contributed by atoms with E-state index in [0.717, 1.165) is 0 Å². The smallest absolute Gasteiger partial charge is 0.429 e. The Labute approximate surface area is 173 Å². The molecule has 0 radical (unpaired) electrons. The zero-order valence-electron chi connectivity index (χ0n) is 16.6. The number of carbonyl (C=O) groups excluding carboxylic acids is 1. The molecule has 0 saturated heterocycles. The van der Waals surface area contributed by atoms with Gasteiger partial charge < -0.3 is 13.7 Å². The molecular formula is C19H21NO9S. The molecule has 0 aliphatic carbocycles. The Morgan fingerprint density at radius 3 is 2.10 bits per heavy atom. The topological polar surface area (TPSA) is 131 Å². The molecule has 11 heteroatoms. The number of non-ortho nitro benzene ring substituents is 1. The van der Waals surface area contributed by atoms with Crippen molar-refractivity contribution >= 4 is 22.2 Å². The summed E-state index contributed by atoms with van der Waals surface area (Å²) in [5.41, 5.74) is 0.0700. The molecule has 0 atom stereocenters. The molecule has 0 aliphatic rings. The first kappa shape index (κ1) is 23.1. The van der Waals surface area contributed by atoms with Crippen LogP contribution < -0.4 is 8.92 Å². The van der Waals surface area contributed by atoms with Crippen molar-refractivity contribution in [2.75, 3.05) is 6.61 Å². The Kier molecular flexibility index (Phi) is 7.35. The first-order chi connectivity index (χ1) is 13.9. The standard InChI is InChI=1S/C19H21NO9S/c1-19(2,3)13-27-30(24,25)29-17-8-4-14(5-9-17)12-26-18(21)28-16-10-6-15(7-11-16)20(22)23/h4-11H,12-13H2,1-3H3. The molecule has 2 aromatic rings. The normalized spacial score (nSPS) is 11.6. The molecule has 0 amide bonds. The maximum atomic E-state index is 11.8. The Balaban J connectivity index is 1.84. The Hall–Kier alpha value is -3.18. The van der Waals surface area contributed by atoms with Gasteiger partial charge in [-0.25, -0.2) is 8.98 Å². The molecule has 0 fully saturated rings. The molecule has 0 aromatic heterocycles. The summed E-state index contributed by atoms with van der Waals surface area (Å²) in [4.78, 5) is 21.7. The van der Waals surface area contributed by atoms with Crippen LogP contribution in [0.1, 0.15) is 26.3 Å². The van der Waals surface area contributed by atoms with Crippen molar-refractivity contribution < 1.29 is 36.0 Å². The molecule has 0 spiro atoms. The highest BCUT2D eigenvalue weighted by molar-refractivity contribution is 7.82. The first-order valence-corrected chi connectivity index (χ1v) is 10.0. The second-order valence-corrected chi connectivity index (χ2v) is 8.57. The lowest BCUT2D eigenvalue weighted by Gasteiger charge is -2.17. The zero-order chi connectivity index (χ0) is 22.4. The fourth-order valence-corrected chi connectivity index (χ4v) is 2.83. The number of carbonyl (C=O) groups is 1. The fourth-order valence-electron chi connectivity index (χ4n) is 1.94. The predicted octanol–water partition coefficient (Wildman–Crippen LogP) is 4.00. The third-order valence-corrected chi connectivity index (χ3v) is 4.17. The Morgan fingerprint density at radius 2 is 1.57 bits per heavy atom. The third kappa shape index (κ3) is 8.05.